The molecule has 0 aliphatic heterocycles. The number of benzene rings is 2. The lowest BCUT2D eigenvalue weighted by molar-refractivity contribution is 0.313. The van der Waals surface area contributed by atoms with Gasteiger partial charge in [-0.3, -0.25) is 0 Å². The van der Waals surface area contributed by atoms with Crippen LogP contribution in [0.25, 0.3) is 0 Å². The number of methoxy groups -OCH3 is 2. The topological polar surface area (TPSA) is 78.1 Å². The molecule has 2 rings (SSSR count). The fraction of sp³-hybridized carbons (Fsp3) is 0.381. The van der Waals surface area contributed by atoms with E-state index >= 15 is 0 Å². The minimum absolute atomic E-state index is 0. The highest BCUT2D eigenvalue weighted by Gasteiger charge is 2.06. The van der Waals surface area contributed by atoms with E-state index in [9.17, 15) is 0 Å². The van der Waals surface area contributed by atoms with Crippen molar-refractivity contribution in [2.75, 3.05) is 20.8 Å². The van der Waals surface area contributed by atoms with E-state index in [1.54, 1.807) is 14.2 Å². The Hall–Kier alpha value is -2.16. The van der Waals surface area contributed by atoms with Crippen molar-refractivity contribution < 1.29 is 14.2 Å². The molecular weight excluding hydrogens is 469 g/mol. The number of nitrogens with one attached hydrogen (secondary N) is 1. The second-order valence-electron chi connectivity index (χ2n) is 6.20. The van der Waals surface area contributed by atoms with Crippen LogP contribution in [0.1, 0.15) is 30.0 Å². The third-order valence-electron chi connectivity index (χ3n) is 4.02. The Labute approximate surface area is 184 Å². The Morgan fingerprint density at radius 2 is 1.79 bits per heavy atom. The largest absolute Gasteiger partial charge is 0.493 e. The molecule has 0 amide bonds. The number of rotatable bonds is 9. The molecule has 0 aliphatic carbocycles. The Kier molecular flexibility index (Phi) is 10.5. The predicted molar refractivity (Wildman–Crippen MR) is 124 cm³/mol. The molecule has 0 fully saturated rings. The van der Waals surface area contributed by atoms with Crippen LogP contribution in [0.2, 0.25) is 0 Å². The molecule has 0 heterocycles. The number of hydrogen-bond donors (Lipinski definition) is 2. The molecule has 3 N–H and O–H groups in total. The summed E-state index contributed by atoms with van der Waals surface area (Å²) in [7, 11) is 3.22. The monoisotopic (exact) mass is 499 g/mol. The van der Waals surface area contributed by atoms with Crippen LogP contribution in [-0.2, 0) is 13.1 Å². The number of aryl methyl sites for hydroxylation is 1. The summed E-state index contributed by atoms with van der Waals surface area (Å²) in [6.45, 7) is 5.84. The van der Waals surface area contributed by atoms with Gasteiger partial charge in [0.2, 0.25) is 0 Å². The molecule has 2 aromatic rings. The number of nitrogens with zero attached hydrogens (tertiary/aromatic N) is 1. The Morgan fingerprint density at radius 1 is 1.04 bits per heavy atom. The number of hydrogen-bond acceptors (Lipinski definition) is 4. The SMILES string of the molecule is CCCOc1cc(C)ccc1CNC(N)=NCc1ccc(OC)c(OC)c1.I. The van der Waals surface area contributed by atoms with Crippen LogP contribution in [0, 0.1) is 6.92 Å². The average Bonchev–Trinajstić information content (AvgIpc) is 2.69. The van der Waals surface area contributed by atoms with Gasteiger partial charge in [0.1, 0.15) is 5.75 Å². The zero-order chi connectivity index (χ0) is 19.6. The standard InChI is InChI=1S/C21H29N3O3.HI/c1-5-10-27-19-11-15(2)6-8-17(19)14-24-21(22)23-13-16-7-9-18(25-3)20(12-16)26-4;/h6-9,11-12H,5,10,13-14H2,1-4H3,(H3,22,23,24);1H. The van der Waals surface area contributed by atoms with Gasteiger partial charge in [0.05, 0.1) is 27.4 Å². The van der Waals surface area contributed by atoms with E-state index in [4.69, 9.17) is 19.9 Å². The number of ether oxygens (including phenoxy) is 3. The van der Waals surface area contributed by atoms with E-state index in [-0.39, 0.29) is 24.0 Å². The summed E-state index contributed by atoms with van der Waals surface area (Å²) in [5, 5.41) is 3.15. The molecule has 0 saturated heterocycles. The lowest BCUT2D eigenvalue weighted by Gasteiger charge is -2.13. The van der Waals surface area contributed by atoms with Gasteiger partial charge < -0.3 is 25.3 Å². The van der Waals surface area contributed by atoms with Crippen LogP contribution in [0.5, 0.6) is 17.2 Å². The van der Waals surface area contributed by atoms with E-state index in [0.717, 1.165) is 23.3 Å². The van der Waals surface area contributed by atoms with Crippen LogP contribution in [0.4, 0.5) is 0 Å². The number of halogens is 1. The highest BCUT2D eigenvalue weighted by atomic mass is 127. The van der Waals surface area contributed by atoms with Gasteiger partial charge in [-0.05, 0) is 42.7 Å². The Balaban J connectivity index is 0.00000392. The maximum absolute atomic E-state index is 6.02. The first-order chi connectivity index (χ1) is 13.1. The Bertz CT molecular complexity index is 781. The maximum Gasteiger partial charge on any atom is 0.189 e. The van der Waals surface area contributed by atoms with Gasteiger partial charge >= 0.3 is 0 Å². The minimum Gasteiger partial charge on any atom is -0.493 e. The molecule has 0 aromatic heterocycles. The second kappa shape index (κ2) is 12.3. The highest BCUT2D eigenvalue weighted by Crippen LogP contribution is 2.27. The lowest BCUT2D eigenvalue weighted by Crippen LogP contribution is -2.31. The van der Waals surface area contributed by atoms with E-state index in [1.165, 1.54) is 5.56 Å². The van der Waals surface area contributed by atoms with Crippen LogP contribution < -0.4 is 25.3 Å². The van der Waals surface area contributed by atoms with Crippen LogP contribution in [-0.4, -0.2) is 26.8 Å². The molecule has 0 bridgehead atoms. The second-order valence-corrected chi connectivity index (χ2v) is 6.20. The zero-order valence-corrected chi connectivity index (χ0v) is 19.3. The summed E-state index contributed by atoms with van der Waals surface area (Å²) in [5.41, 5.74) is 9.22. The first kappa shape index (κ1) is 23.9. The molecule has 6 nitrogen and oxygen atoms in total. The molecule has 154 valence electrons. The maximum atomic E-state index is 6.02. The summed E-state index contributed by atoms with van der Waals surface area (Å²) >= 11 is 0. The van der Waals surface area contributed by atoms with Crippen molar-refractivity contribution in [1.29, 1.82) is 0 Å². The van der Waals surface area contributed by atoms with Gasteiger partial charge in [-0.1, -0.05) is 25.1 Å². The summed E-state index contributed by atoms with van der Waals surface area (Å²) in [6, 6.07) is 11.9. The van der Waals surface area contributed by atoms with Crippen LogP contribution in [0.3, 0.4) is 0 Å². The Morgan fingerprint density at radius 3 is 2.46 bits per heavy atom. The van der Waals surface area contributed by atoms with Gasteiger partial charge in [0, 0.05) is 12.1 Å². The first-order valence-electron chi connectivity index (χ1n) is 9.04. The van der Waals surface area contributed by atoms with E-state index in [2.05, 4.69) is 36.3 Å². The van der Waals surface area contributed by atoms with Crippen molar-refractivity contribution in [3.05, 3.63) is 53.1 Å². The molecule has 28 heavy (non-hydrogen) atoms. The van der Waals surface area contributed by atoms with E-state index in [0.29, 0.717) is 37.2 Å². The molecular formula is C21H30IN3O3. The van der Waals surface area contributed by atoms with Gasteiger partial charge in [-0.25, -0.2) is 4.99 Å². The molecule has 7 heteroatoms. The van der Waals surface area contributed by atoms with Crippen LogP contribution >= 0.6 is 24.0 Å². The minimum atomic E-state index is 0. The van der Waals surface area contributed by atoms with Crippen molar-refractivity contribution in [2.45, 2.75) is 33.4 Å². The third-order valence-corrected chi connectivity index (χ3v) is 4.02. The lowest BCUT2D eigenvalue weighted by atomic mass is 10.1. The first-order valence-corrected chi connectivity index (χ1v) is 9.04. The molecule has 0 spiro atoms. The van der Waals surface area contributed by atoms with Crippen molar-refractivity contribution in [1.82, 2.24) is 5.32 Å². The fourth-order valence-corrected chi connectivity index (χ4v) is 2.55. The quantitative estimate of drug-likeness (QED) is 0.310. The number of nitrogens with two attached hydrogens (primary N) is 1. The van der Waals surface area contributed by atoms with Gasteiger partial charge in [0.15, 0.2) is 17.5 Å². The summed E-state index contributed by atoms with van der Waals surface area (Å²) < 4.78 is 16.4. The molecule has 0 saturated carbocycles. The molecule has 0 aliphatic rings. The van der Waals surface area contributed by atoms with Gasteiger partial charge in [-0.2, -0.15) is 0 Å². The highest BCUT2D eigenvalue weighted by molar-refractivity contribution is 14.0. The van der Waals surface area contributed by atoms with Crippen molar-refractivity contribution >= 4 is 29.9 Å². The van der Waals surface area contributed by atoms with Crippen molar-refractivity contribution in [3.8, 4) is 17.2 Å². The predicted octanol–water partition coefficient (Wildman–Crippen LogP) is 4.02. The smallest absolute Gasteiger partial charge is 0.189 e. The summed E-state index contributed by atoms with van der Waals surface area (Å²) in [4.78, 5) is 4.40. The molecule has 2 aromatic carbocycles. The fourth-order valence-electron chi connectivity index (χ4n) is 2.55. The summed E-state index contributed by atoms with van der Waals surface area (Å²) in [6.07, 6.45) is 0.968. The number of guanidine groups is 1. The number of aliphatic imine (C=N–C) groups is 1. The zero-order valence-electron chi connectivity index (χ0n) is 17.0. The van der Waals surface area contributed by atoms with E-state index < -0.39 is 0 Å². The van der Waals surface area contributed by atoms with Crippen LogP contribution in [0.15, 0.2) is 41.4 Å². The third kappa shape index (κ3) is 7.10. The van der Waals surface area contributed by atoms with Gasteiger partial charge in [-0.15, -0.1) is 24.0 Å². The average molecular weight is 499 g/mol. The molecule has 0 radical (unpaired) electrons. The normalized spacial score (nSPS) is 10.8. The summed E-state index contributed by atoms with van der Waals surface area (Å²) in [5.74, 6) is 2.63. The van der Waals surface area contributed by atoms with Crippen molar-refractivity contribution in [2.24, 2.45) is 10.7 Å². The molecule has 0 unspecified atom stereocenters. The van der Waals surface area contributed by atoms with Gasteiger partial charge in [0.25, 0.3) is 0 Å². The van der Waals surface area contributed by atoms with Crippen molar-refractivity contribution in [3.63, 3.8) is 0 Å². The van der Waals surface area contributed by atoms with E-state index in [1.807, 2.05) is 24.3 Å². The molecule has 0 atom stereocenters.